The molecule has 0 atom stereocenters. The number of ether oxygens (including phenoxy) is 2. The summed E-state index contributed by atoms with van der Waals surface area (Å²) >= 11 is 0. The van der Waals surface area contributed by atoms with Gasteiger partial charge in [0.15, 0.2) is 0 Å². The molecule has 0 aliphatic rings. The minimum absolute atomic E-state index is 0.0560. The molecule has 0 fully saturated rings. The van der Waals surface area contributed by atoms with Crippen molar-refractivity contribution in [3.05, 3.63) is 58.9 Å². The molecule has 0 aromatic heterocycles. The standard InChI is InChI=1S/C18H14F7NO3/c1-28-6-7-29-15-5-3-11(17(20,21)22)9-14(15)26-16(27)10-2-4-13(19)12(8-10)18(23,24)25/h2-5,8-9H,6-7H2,1H3,(H,26,27). The van der Waals surface area contributed by atoms with Crippen LogP contribution >= 0.6 is 0 Å². The number of amides is 1. The number of benzene rings is 2. The molecule has 2 aromatic rings. The van der Waals surface area contributed by atoms with Crippen molar-refractivity contribution in [2.75, 3.05) is 25.6 Å². The van der Waals surface area contributed by atoms with Crippen LogP contribution in [0.4, 0.5) is 36.4 Å². The zero-order chi connectivity index (χ0) is 21.8. The molecule has 0 radical (unpaired) electrons. The van der Waals surface area contributed by atoms with Crippen LogP contribution in [0.1, 0.15) is 21.5 Å². The average molecular weight is 425 g/mol. The molecule has 0 saturated carbocycles. The van der Waals surface area contributed by atoms with Crippen molar-refractivity contribution in [2.45, 2.75) is 12.4 Å². The highest BCUT2D eigenvalue weighted by Crippen LogP contribution is 2.36. The summed E-state index contributed by atoms with van der Waals surface area (Å²) in [6.07, 6.45) is -9.78. The third-order valence-corrected chi connectivity index (χ3v) is 3.63. The number of methoxy groups -OCH3 is 1. The molecule has 0 aliphatic carbocycles. The first kappa shape index (κ1) is 22.5. The van der Waals surface area contributed by atoms with Crippen LogP contribution in [-0.4, -0.2) is 26.2 Å². The van der Waals surface area contributed by atoms with Gasteiger partial charge in [-0.2, -0.15) is 26.3 Å². The summed E-state index contributed by atoms with van der Waals surface area (Å²) in [5.41, 5.74) is -3.80. The van der Waals surface area contributed by atoms with Crippen molar-refractivity contribution in [1.82, 2.24) is 0 Å². The number of hydrogen-bond acceptors (Lipinski definition) is 3. The Balaban J connectivity index is 2.37. The molecular formula is C18H14F7NO3. The van der Waals surface area contributed by atoms with Gasteiger partial charge in [-0.25, -0.2) is 4.39 Å². The highest BCUT2D eigenvalue weighted by atomic mass is 19.4. The first-order valence-electron chi connectivity index (χ1n) is 7.94. The van der Waals surface area contributed by atoms with Crippen molar-refractivity contribution in [1.29, 1.82) is 0 Å². The lowest BCUT2D eigenvalue weighted by molar-refractivity contribution is -0.140. The molecular weight excluding hydrogens is 411 g/mol. The van der Waals surface area contributed by atoms with Crippen molar-refractivity contribution < 1.29 is 45.0 Å². The molecule has 1 N–H and O–H groups in total. The molecule has 29 heavy (non-hydrogen) atoms. The predicted octanol–water partition coefficient (Wildman–Crippen LogP) is 5.14. The summed E-state index contributed by atoms with van der Waals surface area (Å²) in [6.45, 7) is 0.0425. The minimum atomic E-state index is -5.05. The van der Waals surface area contributed by atoms with Gasteiger partial charge in [0.2, 0.25) is 0 Å². The number of rotatable bonds is 6. The Bertz CT molecular complexity index is 879. The van der Waals surface area contributed by atoms with E-state index in [4.69, 9.17) is 9.47 Å². The maximum Gasteiger partial charge on any atom is 0.419 e. The number of halogens is 7. The van der Waals surface area contributed by atoms with E-state index in [-0.39, 0.29) is 25.0 Å². The highest BCUT2D eigenvalue weighted by molar-refractivity contribution is 6.05. The number of nitrogens with one attached hydrogen (secondary N) is 1. The largest absolute Gasteiger partial charge is 0.489 e. The summed E-state index contributed by atoms with van der Waals surface area (Å²) in [7, 11) is 1.37. The Morgan fingerprint density at radius 3 is 2.24 bits per heavy atom. The Kier molecular flexibility index (Phi) is 6.73. The fourth-order valence-corrected chi connectivity index (χ4v) is 2.24. The number of alkyl halides is 6. The van der Waals surface area contributed by atoms with Gasteiger partial charge in [0.25, 0.3) is 5.91 Å². The van der Waals surface area contributed by atoms with Crippen LogP contribution in [0.2, 0.25) is 0 Å². The second-order valence-corrected chi connectivity index (χ2v) is 5.70. The molecule has 0 unspecified atom stereocenters. The normalized spacial score (nSPS) is 12.0. The quantitative estimate of drug-likeness (QED) is 0.515. The number of carbonyl (C=O) groups is 1. The summed E-state index contributed by atoms with van der Waals surface area (Å²) in [4.78, 5) is 12.3. The molecule has 2 aromatic carbocycles. The van der Waals surface area contributed by atoms with E-state index in [1.54, 1.807) is 0 Å². The Hall–Kier alpha value is -2.82. The molecule has 0 heterocycles. The van der Waals surface area contributed by atoms with E-state index < -0.39 is 46.5 Å². The van der Waals surface area contributed by atoms with Crippen LogP contribution in [0, 0.1) is 5.82 Å². The molecule has 0 spiro atoms. The Labute approximate surface area is 160 Å². The molecule has 11 heteroatoms. The van der Waals surface area contributed by atoms with Crippen LogP contribution in [0.15, 0.2) is 36.4 Å². The third-order valence-electron chi connectivity index (χ3n) is 3.63. The zero-order valence-electron chi connectivity index (χ0n) is 14.7. The van der Waals surface area contributed by atoms with Crippen molar-refractivity contribution >= 4 is 11.6 Å². The third kappa shape index (κ3) is 5.83. The second kappa shape index (κ2) is 8.68. The lowest BCUT2D eigenvalue weighted by Crippen LogP contribution is -2.17. The van der Waals surface area contributed by atoms with Crippen molar-refractivity contribution in [3.63, 3.8) is 0 Å². The SMILES string of the molecule is COCCOc1ccc(C(F)(F)F)cc1NC(=O)c1ccc(F)c(C(F)(F)F)c1. The Morgan fingerprint density at radius 1 is 0.966 bits per heavy atom. The lowest BCUT2D eigenvalue weighted by atomic mass is 10.1. The van der Waals surface area contributed by atoms with E-state index in [1.807, 2.05) is 0 Å². The topological polar surface area (TPSA) is 47.6 Å². The average Bonchev–Trinajstić information content (AvgIpc) is 2.61. The van der Waals surface area contributed by atoms with Crippen molar-refractivity contribution in [2.24, 2.45) is 0 Å². The lowest BCUT2D eigenvalue weighted by Gasteiger charge is -2.16. The van der Waals surface area contributed by atoms with Gasteiger partial charge in [-0.3, -0.25) is 4.79 Å². The van der Waals surface area contributed by atoms with Crippen LogP contribution in [0.25, 0.3) is 0 Å². The summed E-state index contributed by atoms with van der Waals surface area (Å²) in [5, 5.41) is 2.07. The minimum Gasteiger partial charge on any atom is -0.489 e. The fourth-order valence-electron chi connectivity index (χ4n) is 2.24. The molecule has 4 nitrogen and oxygen atoms in total. The second-order valence-electron chi connectivity index (χ2n) is 5.70. The first-order valence-corrected chi connectivity index (χ1v) is 7.94. The summed E-state index contributed by atoms with van der Waals surface area (Å²) < 4.78 is 101. The monoisotopic (exact) mass is 425 g/mol. The maximum absolute atomic E-state index is 13.4. The van der Waals surface area contributed by atoms with E-state index in [2.05, 4.69) is 5.32 Å². The van der Waals surface area contributed by atoms with Gasteiger partial charge < -0.3 is 14.8 Å². The zero-order valence-corrected chi connectivity index (χ0v) is 14.7. The molecule has 0 bridgehead atoms. The van der Waals surface area contributed by atoms with Crippen LogP contribution in [0.5, 0.6) is 5.75 Å². The number of carbonyl (C=O) groups excluding carboxylic acids is 1. The van der Waals surface area contributed by atoms with E-state index in [9.17, 15) is 35.5 Å². The smallest absolute Gasteiger partial charge is 0.419 e. The molecule has 0 aliphatic heterocycles. The van der Waals surface area contributed by atoms with Gasteiger partial charge in [-0.05, 0) is 36.4 Å². The maximum atomic E-state index is 13.4. The number of anilines is 1. The van der Waals surface area contributed by atoms with E-state index in [1.165, 1.54) is 7.11 Å². The van der Waals surface area contributed by atoms with Crippen LogP contribution < -0.4 is 10.1 Å². The molecule has 2 rings (SSSR count). The molecule has 158 valence electrons. The van der Waals surface area contributed by atoms with Crippen LogP contribution in [0.3, 0.4) is 0 Å². The Morgan fingerprint density at radius 2 is 1.66 bits per heavy atom. The van der Waals surface area contributed by atoms with Gasteiger partial charge in [-0.1, -0.05) is 0 Å². The number of hydrogen-bond donors (Lipinski definition) is 1. The highest BCUT2D eigenvalue weighted by Gasteiger charge is 2.35. The predicted molar refractivity (Wildman–Crippen MR) is 88.2 cm³/mol. The van der Waals surface area contributed by atoms with Crippen molar-refractivity contribution in [3.8, 4) is 5.75 Å². The molecule has 1 amide bonds. The summed E-state index contributed by atoms with van der Waals surface area (Å²) in [5.74, 6) is -2.91. The first-order chi connectivity index (χ1) is 13.4. The van der Waals surface area contributed by atoms with Crippen LogP contribution in [-0.2, 0) is 17.1 Å². The van der Waals surface area contributed by atoms with Gasteiger partial charge >= 0.3 is 12.4 Å². The van der Waals surface area contributed by atoms with Gasteiger partial charge in [0, 0.05) is 12.7 Å². The van der Waals surface area contributed by atoms with Gasteiger partial charge in [-0.15, -0.1) is 0 Å². The van der Waals surface area contributed by atoms with E-state index in [0.717, 1.165) is 18.2 Å². The summed E-state index contributed by atoms with van der Waals surface area (Å²) in [6, 6.07) is 3.74. The van der Waals surface area contributed by atoms with E-state index >= 15 is 0 Å². The van der Waals surface area contributed by atoms with E-state index in [0.29, 0.717) is 12.1 Å². The van der Waals surface area contributed by atoms with Gasteiger partial charge in [0.05, 0.1) is 23.4 Å². The fraction of sp³-hybridized carbons (Fsp3) is 0.278. The van der Waals surface area contributed by atoms with Gasteiger partial charge in [0.1, 0.15) is 18.2 Å². The molecule has 0 saturated heterocycles.